The van der Waals surface area contributed by atoms with Gasteiger partial charge in [-0.2, -0.15) is 5.26 Å². The van der Waals surface area contributed by atoms with Gasteiger partial charge < -0.3 is 29.4 Å². The van der Waals surface area contributed by atoms with Crippen molar-refractivity contribution in [1.82, 2.24) is 4.98 Å². The Morgan fingerprint density at radius 1 is 1.35 bits per heavy atom. The summed E-state index contributed by atoms with van der Waals surface area (Å²) in [5.41, 5.74) is 5.47. The van der Waals surface area contributed by atoms with Crippen LogP contribution in [0, 0.1) is 16.7 Å². The molecular weight excluding hydrogens is 414 g/mol. The minimum Gasteiger partial charge on any atom is -0.414 e. The van der Waals surface area contributed by atoms with Gasteiger partial charge in [-0.25, -0.2) is 4.99 Å². The van der Waals surface area contributed by atoms with Crippen molar-refractivity contribution in [3.8, 4) is 6.07 Å². The summed E-state index contributed by atoms with van der Waals surface area (Å²) in [6, 6.07) is 5.75. The molecule has 0 saturated carbocycles. The number of fused-ring (bicyclic) bond motifs is 1. The highest BCUT2D eigenvalue weighted by Crippen LogP contribution is 2.49. The van der Waals surface area contributed by atoms with Crippen LogP contribution < -0.4 is 5.73 Å². The highest BCUT2D eigenvalue weighted by molar-refractivity contribution is 6.74. The van der Waals surface area contributed by atoms with Crippen LogP contribution in [0.15, 0.2) is 17.1 Å². The molecule has 1 aromatic heterocycles. The van der Waals surface area contributed by atoms with Crippen molar-refractivity contribution in [1.29, 1.82) is 10.7 Å². The Kier molecular flexibility index (Phi) is 5.97. The molecule has 0 aliphatic carbocycles. The molecule has 3 rings (SSSR count). The number of nitrogens with two attached hydrogens (primary N) is 1. The van der Waals surface area contributed by atoms with Gasteiger partial charge in [-0.15, -0.1) is 0 Å². The average molecular weight is 448 g/mol. The molecule has 10 heteroatoms. The molecule has 0 aromatic carbocycles. The largest absolute Gasteiger partial charge is 0.414 e. The maximum atomic E-state index is 10.3. The van der Waals surface area contributed by atoms with Gasteiger partial charge in [0.15, 0.2) is 14.1 Å². The van der Waals surface area contributed by atoms with E-state index in [1.54, 1.807) is 12.1 Å². The summed E-state index contributed by atoms with van der Waals surface area (Å²) < 4.78 is 25.0. The Morgan fingerprint density at radius 2 is 2.03 bits per heavy atom. The monoisotopic (exact) mass is 447 g/mol. The van der Waals surface area contributed by atoms with Gasteiger partial charge in [0.1, 0.15) is 36.6 Å². The lowest BCUT2D eigenvalue weighted by Gasteiger charge is -2.37. The van der Waals surface area contributed by atoms with E-state index in [4.69, 9.17) is 29.8 Å². The van der Waals surface area contributed by atoms with Crippen molar-refractivity contribution < 1.29 is 18.6 Å². The van der Waals surface area contributed by atoms with E-state index in [9.17, 15) is 5.26 Å². The van der Waals surface area contributed by atoms with Crippen molar-refractivity contribution in [3.05, 3.63) is 23.5 Å². The Bertz CT molecular complexity index is 914. The van der Waals surface area contributed by atoms with Crippen LogP contribution in [0.25, 0.3) is 0 Å². The fourth-order valence-electron chi connectivity index (χ4n) is 3.65. The zero-order valence-electron chi connectivity index (χ0n) is 19.3. The fraction of sp³-hybridized carbons (Fsp3) is 0.667. The molecule has 2 aliphatic heterocycles. The summed E-state index contributed by atoms with van der Waals surface area (Å²) in [7, 11) is -2.03. The van der Waals surface area contributed by atoms with Crippen molar-refractivity contribution in [3.63, 3.8) is 0 Å². The zero-order valence-corrected chi connectivity index (χ0v) is 20.3. The van der Waals surface area contributed by atoms with Crippen LogP contribution >= 0.6 is 0 Å². The van der Waals surface area contributed by atoms with Crippen LogP contribution in [0.3, 0.4) is 0 Å². The highest BCUT2D eigenvalue weighted by Gasteiger charge is 2.65. The maximum Gasteiger partial charge on any atom is 0.223 e. The van der Waals surface area contributed by atoms with Gasteiger partial charge in [-0.1, -0.05) is 20.8 Å². The lowest BCUT2D eigenvalue weighted by molar-refractivity contribution is -0.203. The number of aromatic amines is 1. The number of aromatic nitrogens is 1. The van der Waals surface area contributed by atoms with Crippen LogP contribution in [0.5, 0.6) is 0 Å². The first-order valence-electron chi connectivity index (χ1n) is 10.4. The number of H-pyrrole nitrogens is 1. The quantitative estimate of drug-likeness (QED) is 0.348. The summed E-state index contributed by atoms with van der Waals surface area (Å²) in [5.74, 6) is -0.711. The summed E-state index contributed by atoms with van der Waals surface area (Å²) in [6.45, 7) is 14.8. The van der Waals surface area contributed by atoms with Crippen molar-refractivity contribution in [2.75, 3.05) is 6.61 Å². The molecule has 0 unspecified atom stereocenters. The number of rotatable bonds is 6. The van der Waals surface area contributed by atoms with E-state index in [0.717, 1.165) is 6.34 Å². The minimum absolute atomic E-state index is 0.0453. The number of nitrogens with zero attached hydrogens (tertiary/aromatic N) is 2. The first kappa shape index (κ1) is 23.6. The van der Waals surface area contributed by atoms with Gasteiger partial charge in [0.05, 0.1) is 18.0 Å². The predicted octanol–water partition coefficient (Wildman–Crippen LogP) is 2.99. The number of nitriles is 1. The first-order valence-corrected chi connectivity index (χ1v) is 13.3. The number of nitrogens with one attached hydrogen (secondary N) is 2. The molecule has 31 heavy (non-hydrogen) atoms. The second-order valence-electron chi connectivity index (χ2n) is 10.0. The number of aliphatic imine (C=N–C) groups is 1. The molecule has 0 spiro atoms. The second-order valence-corrected chi connectivity index (χ2v) is 14.8. The molecule has 2 fully saturated rings. The third-order valence-corrected chi connectivity index (χ3v) is 10.9. The van der Waals surface area contributed by atoms with Crippen molar-refractivity contribution >= 4 is 20.5 Å². The van der Waals surface area contributed by atoms with Crippen LogP contribution in [0.2, 0.25) is 18.1 Å². The standard InChI is InChI=1S/C21H33N5O4Si/c1-19(2,3)31(6,7)27-10-14-16-17(30-20(4,5)29-16)21(11-22,28-14)15-9-8-13(26-15)18(24)25-12-23/h8-9,12,14,16-17,26H,10H2,1-7H3,(H3,23,24,25)/t14-,16-,17-,21+/m1/s1. The normalized spacial score (nSPS) is 30.8. The third-order valence-electron chi connectivity index (χ3n) is 6.38. The van der Waals surface area contributed by atoms with E-state index in [0.29, 0.717) is 18.0 Å². The average Bonchev–Trinajstić information content (AvgIpc) is 3.32. The highest BCUT2D eigenvalue weighted by atomic mass is 28.4. The Hall–Kier alpha value is -2.03. The molecule has 1 aromatic rings. The molecule has 170 valence electrons. The molecule has 2 aliphatic rings. The minimum atomic E-state index is -2.03. The maximum absolute atomic E-state index is 10.3. The van der Waals surface area contributed by atoms with Gasteiger partial charge in [0.25, 0.3) is 0 Å². The van der Waals surface area contributed by atoms with Crippen LogP contribution in [-0.4, -0.2) is 56.2 Å². The topological polar surface area (TPSA) is 139 Å². The summed E-state index contributed by atoms with van der Waals surface area (Å²) in [4.78, 5) is 6.89. The Morgan fingerprint density at radius 3 is 2.61 bits per heavy atom. The van der Waals surface area contributed by atoms with Crippen molar-refractivity contribution in [2.24, 2.45) is 10.7 Å². The number of hydrogen-bond donors (Lipinski definition) is 3. The van der Waals surface area contributed by atoms with E-state index in [1.807, 2.05) is 13.8 Å². The second kappa shape index (κ2) is 7.83. The van der Waals surface area contributed by atoms with Gasteiger partial charge >= 0.3 is 0 Å². The van der Waals surface area contributed by atoms with E-state index < -0.39 is 38.0 Å². The van der Waals surface area contributed by atoms with Gasteiger partial charge in [0.2, 0.25) is 5.60 Å². The van der Waals surface area contributed by atoms with E-state index in [2.05, 4.69) is 49.9 Å². The fourth-order valence-corrected chi connectivity index (χ4v) is 4.67. The van der Waals surface area contributed by atoms with E-state index >= 15 is 0 Å². The predicted molar refractivity (Wildman–Crippen MR) is 119 cm³/mol. The van der Waals surface area contributed by atoms with Crippen LogP contribution in [0.4, 0.5) is 0 Å². The van der Waals surface area contributed by atoms with E-state index in [1.165, 1.54) is 0 Å². The molecule has 0 radical (unpaired) electrons. The summed E-state index contributed by atoms with van der Waals surface area (Å²) >= 11 is 0. The van der Waals surface area contributed by atoms with Gasteiger partial charge in [-0.3, -0.25) is 5.41 Å². The lowest BCUT2D eigenvalue weighted by atomic mass is 9.93. The zero-order chi connectivity index (χ0) is 23.2. The van der Waals surface area contributed by atoms with Gasteiger partial charge in [-0.05, 0) is 44.1 Å². The van der Waals surface area contributed by atoms with Gasteiger partial charge in [0, 0.05) is 0 Å². The van der Waals surface area contributed by atoms with E-state index in [-0.39, 0.29) is 10.9 Å². The number of amidine groups is 1. The Balaban J connectivity index is 1.94. The first-order chi connectivity index (χ1) is 14.3. The van der Waals surface area contributed by atoms with Crippen LogP contribution in [0.1, 0.15) is 46.0 Å². The lowest BCUT2D eigenvalue weighted by Crippen LogP contribution is -2.44. The molecule has 9 nitrogen and oxygen atoms in total. The van der Waals surface area contributed by atoms with Crippen LogP contribution in [-0.2, 0) is 24.2 Å². The molecule has 4 N–H and O–H groups in total. The molecule has 2 saturated heterocycles. The summed E-state index contributed by atoms with van der Waals surface area (Å²) in [6.07, 6.45) is -0.713. The Labute approximate surface area is 184 Å². The number of ether oxygens (including phenoxy) is 3. The van der Waals surface area contributed by atoms with Crippen molar-refractivity contribution in [2.45, 2.75) is 82.5 Å². The smallest absolute Gasteiger partial charge is 0.223 e. The molecule has 0 amide bonds. The summed E-state index contributed by atoms with van der Waals surface area (Å²) in [5, 5.41) is 17.4. The SMILES string of the molecule is CC1(C)O[C@H]2[C@@H](O1)[C@](C#N)(c1ccc(C(N)=NC=N)[nH]1)O[C@@H]2CO[Si](C)(C)C(C)(C)C. The molecule has 3 heterocycles. The molecule has 0 bridgehead atoms. The molecule has 4 atom stereocenters. The third kappa shape index (κ3) is 4.20. The molecular formula is C21H33N5O4Si. The number of hydrogen-bond acceptors (Lipinski definition) is 6.